The first-order chi connectivity index (χ1) is 16.6. The van der Waals surface area contributed by atoms with Crippen LogP contribution in [0.15, 0.2) is 54.6 Å². The number of hydrogen-bond acceptors (Lipinski definition) is 4. The molecule has 0 heterocycles. The summed E-state index contributed by atoms with van der Waals surface area (Å²) in [6.45, 7) is 4.75. The maximum absolute atomic E-state index is 13.3. The zero-order chi connectivity index (χ0) is 25.8. The van der Waals surface area contributed by atoms with E-state index in [2.05, 4.69) is 5.32 Å². The first-order valence-corrected chi connectivity index (χ1v) is 13.8. The second-order valence-corrected chi connectivity index (χ2v) is 10.5. The zero-order valence-electron chi connectivity index (χ0n) is 20.7. The Kier molecular flexibility index (Phi) is 11.2. The Morgan fingerprint density at radius 3 is 2.26 bits per heavy atom. The van der Waals surface area contributed by atoms with Crippen LogP contribution >= 0.6 is 0 Å². The molecule has 0 saturated carbocycles. The van der Waals surface area contributed by atoms with Crippen molar-refractivity contribution in [3.05, 3.63) is 66.0 Å². The minimum atomic E-state index is -3.62. The minimum absolute atomic E-state index is 0.0693. The normalized spacial score (nSPS) is 12.1. The van der Waals surface area contributed by atoms with Crippen LogP contribution in [0.25, 0.3) is 0 Å². The Morgan fingerprint density at radius 1 is 1.00 bits per heavy atom. The number of benzene rings is 2. The molecule has 0 aliphatic carbocycles. The zero-order valence-corrected chi connectivity index (χ0v) is 21.6. The van der Waals surface area contributed by atoms with Gasteiger partial charge in [0.1, 0.15) is 11.9 Å². The van der Waals surface area contributed by atoms with Crippen molar-refractivity contribution in [3.63, 3.8) is 0 Å². The lowest BCUT2D eigenvalue weighted by molar-refractivity contribution is -0.139. The molecule has 1 N–H and O–H groups in total. The average molecular weight is 506 g/mol. The van der Waals surface area contributed by atoms with Gasteiger partial charge in [-0.05, 0) is 56.0 Å². The number of amides is 2. The van der Waals surface area contributed by atoms with Gasteiger partial charge in [-0.2, -0.15) is 0 Å². The van der Waals surface area contributed by atoms with E-state index < -0.39 is 21.9 Å². The topological polar surface area (TPSA) is 86.8 Å². The molecule has 0 unspecified atom stereocenters. The summed E-state index contributed by atoms with van der Waals surface area (Å²) in [5.41, 5.74) is 1.40. The van der Waals surface area contributed by atoms with Crippen molar-refractivity contribution in [1.29, 1.82) is 0 Å². The summed E-state index contributed by atoms with van der Waals surface area (Å²) in [7, 11) is -3.62. The molecule has 0 spiro atoms. The molecule has 0 radical (unpaired) electrons. The van der Waals surface area contributed by atoms with E-state index in [1.54, 1.807) is 11.8 Å². The summed E-state index contributed by atoms with van der Waals surface area (Å²) < 4.78 is 39.0. The van der Waals surface area contributed by atoms with Crippen LogP contribution in [0.1, 0.15) is 45.1 Å². The number of halogens is 1. The molecule has 7 nitrogen and oxygen atoms in total. The highest BCUT2D eigenvalue weighted by Gasteiger charge is 2.26. The number of rotatable bonds is 14. The van der Waals surface area contributed by atoms with Gasteiger partial charge < -0.3 is 10.2 Å². The van der Waals surface area contributed by atoms with Crippen molar-refractivity contribution in [2.45, 2.75) is 52.0 Å². The Labute approximate surface area is 208 Å². The van der Waals surface area contributed by atoms with Gasteiger partial charge in [-0.15, -0.1) is 0 Å². The molecular formula is C26H36FN3O4S. The third kappa shape index (κ3) is 9.32. The molecule has 1 atom stereocenters. The van der Waals surface area contributed by atoms with Crippen LogP contribution in [0.3, 0.4) is 0 Å². The maximum Gasteiger partial charge on any atom is 0.242 e. The van der Waals surface area contributed by atoms with E-state index in [0.717, 1.165) is 29.0 Å². The second-order valence-electron chi connectivity index (χ2n) is 8.56. The molecule has 0 bridgehead atoms. The van der Waals surface area contributed by atoms with E-state index in [1.165, 1.54) is 24.3 Å². The van der Waals surface area contributed by atoms with Crippen LogP contribution in [0.4, 0.5) is 10.1 Å². The fourth-order valence-corrected chi connectivity index (χ4v) is 4.68. The molecule has 0 aliphatic rings. The summed E-state index contributed by atoms with van der Waals surface area (Å²) in [6.07, 6.45) is 3.83. The lowest BCUT2D eigenvalue weighted by Crippen LogP contribution is -2.49. The fourth-order valence-electron chi connectivity index (χ4n) is 3.72. The number of unbranched alkanes of at least 4 members (excludes halogenated alkanes) is 1. The molecule has 9 heteroatoms. The van der Waals surface area contributed by atoms with Crippen LogP contribution in [-0.4, -0.2) is 57.1 Å². The van der Waals surface area contributed by atoms with E-state index in [9.17, 15) is 22.4 Å². The molecular weight excluding hydrogens is 469 g/mol. The Bertz CT molecular complexity index is 1050. The van der Waals surface area contributed by atoms with E-state index in [0.29, 0.717) is 25.2 Å². The van der Waals surface area contributed by atoms with Gasteiger partial charge in [-0.25, -0.2) is 12.8 Å². The van der Waals surface area contributed by atoms with Crippen molar-refractivity contribution in [1.82, 2.24) is 10.2 Å². The number of carbonyl (C=O) groups excluding carboxylic acids is 2. The molecule has 0 fully saturated rings. The third-order valence-corrected chi connectivity index (χ3v) is 6.94. The number of nitrogens with one attached hydrogen (secondary N) is 1. The highest BCUT2D eigenvalue weighted by molar-refractivity contribution is 7.92. The summed E-state index contributed by atoms with van der Waals surface area (Å²) in [4.78, 5) is 27.4. The van der Waals surface area contributed by atoms with Crippen molar-refractivity contribution in [3.8, 4) is 0 Å². The predicted molar refractivity (Wildman–Crippen MR) is 137 cm³/mol. The van der Waals surface area contributed by atoms with E-state index >= 15 is 0 Å². The largest absolute Gasteiger partial charge is 0.354 e. The number of sulfonamides is 1. The Morgan fingerprint density at radius 2 is 1.66 bits per heavy atom. The van der Waals surface area contributed by atoms with E-state index in [1.807, 2.05) is 37.3 Å². The number of hydrogen-bond donors (Lipinski definition) is 1. The van der Waals surface area contributed by atoms with Crippen molar-refractivity contribution < 1.29 is 22.4 Å². The third-order valence-electron chi connectivity index (χ3n) is 5.75. The summed E-state index contributed by atoms with van der Waals surface area (Å²) in [5.74, 6) is -0.881. The summed E-state index contributed by atoms with van der Waals surface area (Å²) in [5, 5.41) is 2.89. The number of anilines is 1. The smallest absolute Gasteiger partial charge is 0.242 e. The first-order valence-electron chi connectivity index (χ1n) is 12.0. The maximum atomic E-state index is 13.3. The van der Waals surface area contributed by atoms with Crippen molar-refractivity contribution >= 4 is 27.5 Å². The van der Waals surface area contributed by atoms with Crippen molar-refractivity contribution in [2.75, 3.05) is 30.2 Å². The lowest BCUT2D eigenvalue weighted by atomic mass is 10.1. The van der Waals surface area contributed by atoms with Gasteiger partial charge in [-0.1, -0.05) is 43.7 Å². The molecule has 2 rings (SSSR count). The van der Waals surface area contributed by atoms with Crippen LogP contribution in [0, 0.1) is 5.82 Å². The lowest BCUT2D eigenvalue weighted by Gasteiger charge is -2.29. The highest BCUT2D eigenvalue weighted by Crippen LogP contribution is 2.19. The molecule has 0 saturated heterocycles. The van der Waals surface area contributed by atoms with Gasteiger partial charge >= 0.3 is 0 Å². The van der Waals surface area contributed by atoms with E-state index in [4.69, 9.17) is 0 Å². The molecule has 2 aromatic carbocycles. The molecule has 0 aliphatic heterocycles. The Balaban J connectivity index is 2.07. The molecule has 0 aromatic heterocycles. The summed E-state index contributed by atoms with van der Waals surface area (Å²) >= 11 is 0. The van der Waals surface area contributed by atoms with Crippen LogP contribution in [0.2, 0.25) is 0 Å². The van der Waals surface area contributed by atoms with Crippen LogP contribution < -0.4 is 9.62 Å². The minimum Gasteiger partial charge on any atom is -0.354 e. The summed E-state index contributed by atoms with van der Waals surface area (Å²) in [6, 6.07) is 14.3. The number of carbonyl (C=O) groups is 2. The van der Waals surface area contributed by atoms with Crippen LogP contribution in [-0.2, 0) is 26.0 Å². The van der Waals surface area contributed by atoms with Gasteiger partial charge in [0.25, 0.3) is 0 Å². The van der Waals surface area contributed by atoms with Gasteiger partial charge in [0, 0.05) is 26.1 Å². The molecule has 2 aromatic rings. The quantitative estimate of drug-likeness (QED) is 0.396. The molecule has 35 heavy (non-hydrogen) atoms. The molecule has 2 amide bonds. The van der Waals surface area contributed by atoms with Gasteiger partial charge in [-0.3, -0.25) is 13.9 Å². The van der Waals surface area contributed by atoms with Crippen LogP contribution in [0.5, 0.6) is 0 Å². The first kappa shape index (κ1) is 28.3. The highest BCUT2D eigenvalue weighted by atomic mass is 32.2. The van der Waals surface area contributed by atoms with Gasteiger partial charge in [0.05, 0.1) is 11.9 Å². The monoisotopic (exact) mass is 505 g/mol. The predicted octanol–water partition coefficient (Wildman–Crippen LogP) is 3.75. The second kappa shape index (κ2) is 13.8. The number of nitrogens with zero attached hydrogens (tertiary/aromatic N) is 2. The van der Waals surface area contributed by atoms with Gasteiger partial charge in [0.15, 0.2) is 0 Å². The SMILES string of the molecule is CCCCNC(=O)[C@@H](C)N(CCc1ccccc1)C(=O)CCCN(c1ccc(F)cc1)S(C)(=O)=O. The van der Waals surface area contributed by atoms with Gasteiger partial charge in [0.2, 0.25) is 21.8 Å². The standard InChI is InChI=1S/C26H36FN3O4S/c1-4-5-18-28-26(32)21(2)29(20-17-22-10-7-6-8-11-22)25(31)12-9-19-30(35(3,33)34)24-15-13-23(27)14-16-24/h6-8,10-11,13-16,21H,4-5,9,12,17-20H2,1-3H3,(H,28,32)/t21-/m1/s1. The molecule has 192 valence electrons. The fraction of sp³-hybridized carbons (Fsp3) is 0.462. The average Bonchev–Trinajstić information content (AvgIpc) is 2.82. The van der Waals surface area contributed by atoms with E-state index in [-0.39, 0.29) is 31.2 Å². The van der Waals surface area contributed by atoms with Crippen molar-refractivity contribution in [2.24, 2.45) is 0 Å². The Hall–Kier alpha value is -2.94.